The van der Waals surface area contributed by atoms with Crippen LogP contribution in [0.4, 0.5) is 0 Å². The van der Waals surface area contributed by atoms with E-state index in [2.05, 4.69) is 15.0 Å². The van der Waals surface area contributed by atoms with Crippen molar-refractivity contribution in [3.05, 3.63) is 29.2 Å². The van der Waals surface area contributed by atoms with Crippen LogP contribution in [0.25, 0.3) is 5.65 Å². The van der Waals surface area contributed by atoms with Crippen LogP contribution in [0.2, 0.25) is 0 Å². The topological polar surface area (TPSA) is 67.6 Å². The molecule has 0 N–H and O–H groups in total. The van der Waals surface area contributed by atoms with E-state index >= 15 is 0 Å². The van der Waals surface area contributed by atoms with Gasteiger partial charge in [-0.1, -0.05) is 6.42 Å². The average molecular weight is 366 g/mol. The Bertz CT molecular complexity index is 918. The summed E-state index contributed by atoms with van der Waals surface area (Å²) in [7, 11) is 0. The van der Waals surface area contributed by atoms with Gasteiger partial charge in [-0.3, -0.25) is 9.59 Å². The quantitative estimate of drug-likeness (QED) is 0.837. The number of hydrogen-bond donors (Lipinski definition) is 0. The second kappa shape index (κ2) is 6.43. The smallest absolute Gasteiger partial charge is 0.223 e. The Morgan fingerprint density at radius 1 is 1.26 bits per heavy atom. The van der Waals surface area contributed by atoms with Crippen molar-refractivity contribution in [3.8, 4) is 0 Å². The summed E-state index contributed by atoms with van der Waals surface area (Å²) in [4.78, 5) is 31.8. The van der Waals surface area contributed by atoms with Crippen molar-refractivity contribution in [3.63, 3.8) is 0 Å². The molecule has 27 heavy (non-hydrogen) atoms. The molecule has 0 unspecified atom stereocenters. The van der Waals surface area contributed by atoms with Gasteiger partial charge in [0.25, 0.3) is 0 Å². The number of Topliss-reactive ketones (excluding diaryl/α,β-unsaturated/α-hetero) is 1. The molecule has 142 valence electrons. The summed E-state index contributed by atoms with van der Waals surface area (Å²) in [5.41, 5.74) is 4.23. The van der Waals surface area contributed by atoms with Crippen LogP contribution in [0.5, 0.6) is 0 Å². The lowest BCUT2D eigenvalue weighted by molar-refractivity contribution is -0.135. The van der Waals surface area contributed by atoms with Gasteiger partial charge in [-0.2, -0.15) is 5.10 Å². The standard InChI is InChI=1S/C21H26N4O2/c1-13-10-20-22-12-16-17-8-7-15(11-18(16)25(20)23-13)24(17)21(27)9-6-14-4-2-3-5-19(14)26/h10,12,14-15,17H,2-9,11H2,1H3/t14-,15+,17-/m0/s1. The number of nitrogens with zero attached hydrogens (tertiary/aromatic N) is 4. The number of carbonyl (C=O) groups excluding carboxylic acids is 2. The highest BCUT2D eigenvalue weighted by Crippen LogP contribution is 2.44. The minimum atomic E-state index is 0.103. The van der Waals surface area contributed by atoms with Crippen molar-refractivity contribution in [2.45, 2.75) is 76.8 Å². The number of aryl methyl sites for hydroxylation is 1. The number of hydrogen-bond acceptors (Lipinski definition) is 4. The van der Waals surface area contributed by atoms with Gasteiger partial charge in [0.15, 0.2) is 5.65 Å². The molecule has 1 saturated heterocycles. The van der Waals surface area contributed by atoms with Gasteiger partial charge in [-0.15, -0.1) is 0 Å². The molecular formula is C21H26N4O2. The molecule has 1 amide bonds. The summed E-state index contributed by atoms with van der Waals surface area (Å²) in [6.45, 7) is 1.99. The van der Waals surface area contributed by atoms with E-state index in [1.807, 2.05) is 23.7 Å². The maximum Gasteiger partial charge on any atom is 0.223 e. The summed E-state index contributed by atoms with van der Waals surface area (Å²) in [6.07, 6.45) is 9.85. The van der Waals surface area contributed by atoms with Crippen molar-refractivity contribution in [2.75, 3.05) is 0 Å². The number of amides is 1. The molecule has 2 aromatic heterocycles. The van der Waals surface area contributed by atoms with E-state index < -0.39 is 0 Å². The Labute approximate surface area is 158 Å². The Hall–Kier alpha value is -2.24. The fraction of sp³-hybridized carbons (Fsp3) is 0.619. The third-order valence-electron chi connectivity index (χ3n) is 6.70. The van der Waals surface area contributed by atoms with Gasteiger partial charge in [0.05, 0.1) is 17.4 Å². The van der Waals surface area contributed by atoms with Crippen LogP contribution >= 0.6 is 0 Å². The highest BCUT2D eigenvalue weighted by Gasteiger charge is 2.43. The second-order valence-corrected chi connectivity index (χ2v) is 8.42. The normalized spacial score (nSPS) is 27.2. The molecule has 2 aliphatic heterocycles. The molecule has 0 radical (unpaired) electrons. The van der Waals surface area contributed by atoms with Gasteiger partial charge in [0.1, 0.15) is 5.78 Å². The lowest BCUT2D eigenvalue weighted by Crippen LogP contribution is -2.43. The average Bonchev–Trinajstić information content (AvgIpc) is 3.19. The van der Waals surface area contributed by atoms with Crippen molar-refractivity contribution in [1.29, 1.82) is 0 Å². The van der Waals surface area contributed by atoms with E-state index in [4.69, 9.17) is 0 Å². The third-order valence-corrected chi connectivity index (χ3v) is 6.70. The predicted molar refractivity (Wildman–Crippen MR) is 100 cm³/mol. The Morgan fingerprint density at radius 3 is 3.00 bits per heavy atom. The fourth-order valence-electron chi connectivity index (χ4n) is 5.37. The van der Waals surface area contributed by atoms with Crippen molar-refractivity contribution in [2.24, 2.45) is 5.92 Å². The van der Waals surface area contributed by atoms with Crippen LogP contribution in [0.3, 0.4) is 0 Å². The first-order valence-electron chi connectivity index (χ1n) is 10.3. The van der Waals surface area contributed by atoms with E-state index in [1.165, 1.54) is 5.69 Å². The summed E-state index contributed by atoms with van der Waals surface area (Å²) >= 11 is 0. The minimum absolute atomic E-state index is 0.103. The number of aromatic nitrogens is 3. The Morgan fingerprint density at radius 2 is 2.15 bits per heavy atom. The number of fused-ring (bicyclic) bond motifs is 6. The third kappa shape index (κ3) is 2.77. The zero-order valence-corrected chi connectivity index (χ0v) is 15.9. The second-order valence-electron chi connectivity index (χ2n) is 8.42. The number of rotatable bonds is 3. The lowest BCUT2D eigenvalue weighted by Gasteiger charge is -2.36. The van der Waals surface area contributed by atoms with Gasteiger partial charge in [0.2, 0.25) is 5.91 Å². The highest BCUT2D eigenvalue weighted by molar-refractivity contribution is 5.83. The number of ketones is 1. The van der Waals surface area contributed by atoms with Crippen molar-refractivity contribution < 1.29 is 9.59 Å². The molecule has 0 spiro atoms. The first-order valence-corrected chi connectivity index (χ1v) is 10.3. The van der Waals surface area contributed by atoms with Gasteiger partial charge >= 0.3 is 0 Å². The van der Waals surface area contributed by atoms with Crippen LogP contribution in [-0.4, -0.2) is 37.2 Å². The maximum absolute atomic E-state index is 13.1. The van der Waals surface area contributed by atoms with Crippen LogP contribution in [-0.2, 0) is 16.0 Å². The van der Waals surface area contributed by atoms with E-state index in [0.29, 0.717) is 18.6 Å². The van der Waals surface area contributed by atoms with E-state index in [9.17, 15) is 9.59 Å². The summed E-state index contributed by atoms with van der Waals surface area (Å²) < 4.78 is 1.97. The van der Waals surface area contributed by atoms with Gasteiger partial charge in [-0.25, -0.2) is 9.50 Å². The molecule has 2 bridgehead atoms. The van der Waals surface area contributed by atoms with Crippen LogP contribution < -0.4 is 0 Å². The molecule has 1 saturated carbocycles. The molecule has 6 nitrogen and oxygen atoms in total. The van der Waals surface area contributed by atoms with Gasteiger partial charge in [-0.05, 0) is 39.0 Å². The predicted octanol–water partition coefficient (Wildman–Crippen LogP) is 3.17. The van der Waals surface area contributed by atoms with Crippen molar-refractivity contribution >= 4 is 17.3 Å². The molecule has 1 aliphatic carbocycles. The Kier molecular flexibility index (Phi) is 4.02. The SMILES string of the molecule is Cc1cc2ncc3c(n2n1)C[C@H]1CC[C@@H]3N1C(=O)CC[C@@H]1CCCCC1=O. The zero-order valence-electron chi connectivity index (χ0n) is 15.9. The largest absolute Gasteiger partial charge is 0.332 e. The molecule has 6 heteroatoms. The molecule has 2 fully saturated rings. The fourth-order valence-corrected chi connectivity index (χ4v) is 5.37. The summed E-state index contributed by atoms with van der Waals surface area (Å²) in [5, 5.41) is 4.61. The highest BCUT2D eigenvalue weighted by atomic mass is 16.2. The maximum atomic E-state index is 13.1. The number of carbonyl (C=O) groups is 2. The molecular weight excluding hydrogens is 340 g/mol. The lowest BCUT2D eigenvalue weighted by atomic mass is 9.84. The first kappa shape index (κ1) is 16.9. The van der Waals surface area contributed by atoms with Crippen molar-refractivity contribution in [1.82, 2.24) is 19.5 Å². The van der Waals surface area contributed by atoms with E-state index in [1.54, 1.807) is 0 Å². The van der Waals surface area contributed by atoms with Crippen LogP contribution in [0, 0.1) is 12.8 Å². The Balaban J connectivity index is 1.37. The van der Waals surface area contributed by atoms with E-state index in [-0.39, 0.29) is 23.9 Å². The van der Waals surface area contributed by atoms with E-state index in [0.717, 1.165) is 61.9 Å². The molecule has 5 rings (SSSR count). The summed E-state index contributed by atoms with van der Waals surface area (Å²) in [5.74, 6) is 0.677. The molecule has 2 aromatic rings. The van der Waals surface area contributed by atoms with Gasteiger partial charge < -0.3 is 4.90 Å². The molecule has 0 aromatic carbocycles. The first-order chi connectivity index (χ1) is 13.1. The molecule has 3 atom stereocenters. The van der Waals surface area contributed by atoms with Crippen LogP contribution in [0.1, 0.15) is 74.4 Å². The van der Waals surface area contributed by atoms with Crippen LogP contribution in [0.15, 0.2) is 12.3 Å². The summed E-state index contributed by atoms with van der Waals surface area (Å²) in [6, 6.07) is 2.38. The zero-order chi connectivity index (χ0) is 18.5. The molecule has 3 aliphatic rings. The molecule has 4 heterocycles. The minimum Gasteiger partial charge on any atom is -0.332 e. The van der Waals surface area contributed by atoms with Gasteiger partial charge in [0, 0.05) is 49.0 Å². The monoisotopic (exact) mass is 366 g/mol.